The number of hydrogen-bond donors (Lipinski definition) is 2. The van der Waals surface area contributed by atoms with E-state index in [2.05, 4.69) is 0 Å². The fourth-order valence-electron chi connectivity index (χ4n) is 1.82. The molecule has 0 saturated carbocycles. The zero-order valence-electron chi connectivity index (χ0n) is 12.0. The number of benzene rings is 1. The van der Waals surface area contributed by atoms with Gasteiger partial charge in [0.25, 0.3) is 0 Å². The summed E-state index contributed by atoms with van der Waals surface area (Å²) >= 11 is 0. The highest BCUT2D eigenvalue weighted by Crippen LogP contribution is 2.21. The van der Waals surface area contributed by atoms with Gasteiger partial charge in [0.05, 0.1) is 13.2 Å². The molecule has 3 N–H and O–H groups in total. The summed E-state index contributed by atoms with van der Waals surface area (Å²) < 4.78 is 10.7. The third-order valence-corrected chi connectivity index (χ3v) is 2.88. The smallest absolute Gasteiger partial charge is 0.347 e. The molecule has 1 aromatic carbocycles. The normalized spacial score (nSPS) is 13.6. The highest BCUT2D eigenvalue weighted by molar-refractivity contribution is 5.75. The van der Waals surface area contributed by atoms with Gasteiger partial charge < -0.3 is 20.3 Å². The number of hydrogen-bond acceptors (Lipinski definition) is 5. The quantitative estimate of drug-likeness (QED) is 0.701. The highest BCUT2D eigenvalue weighted by atomic mass is 16.6. The molecule has 0 aliphatic heterocycles. The lowest BCUT2D eigenvalue weighted by molar-refractivity contribution is -0.151. The van der Waals surface area contributed by atoms with Crippen molar-refractivity contribution in [1.82, 2.24) is 0 Å². The highest BCUT2D eigenvalue weighted by Gasteiger charge is 2.21. The van der Waals surface area contributed by atoms with Crippen molar-refractivity contribution >= 4 is 5.97 Å². The number of carbonyl (C=O) groups is 1. The number of nitrogens with two attached hydrogens (primary N) is 1. The second-order valence-corrected chi connectivity index (χ2v) is 4.52. The van der Waals surface area contributed by atoms with Crippen molar-refractivity contribution in [1.29, 1.82) is 0 Å². The van der Waals surface area contributed by atoms with Gasteiger partial charge in [0.15, 0.2) is 6.10 Å². The zero-order chi connectivity index (χ0) is 15.0. The van der Waals surface area contributed by atoms with E-state index in [1.165, 1.54) is 0 Å². The molecule has 2 unspecified atom stereocenters. The predicted octanol–water partition coefficient (Wildman–Crippen LogP) is 1.27. The Bertz CT molecular complexity index is 422. The first-order valence-corrected chi connectivity index (χ1v) is 6.89. The lowest BCUT2D eigenvalue weighted by Gasteiger charge is -2.19. The molecule has 0 aliphatic carbocycles. The second kappa shape index (κ2) is 8.55. The van der Waals surface area contributed by atoms with Crippen LogP contribution in [-0.2, 0) is 16.0 Å². The minimum atomic E-state index is -0.624. The fourth-order valence-corrected chi connectivity index (χ4v) is 1.82. The second-order valence-electron chi connectivity index (χ2n) is 4.52. The summed E-state index contributed by atoms with van der Waals surface area (Å²) in [6.45, 7) is 3.86. The van der Waals surface area contributed by atoms with Crippen molar-refractivity contribution in [3.8, 4) is 5.75 Å². The number of aliphatic hydroxyl groups is 1. The van der Waals surface area contributed by atoms with Gasteiger partial charge >= 0.3 is 5.97 Å². The van der Waals surface area contributed by atoms with Crippen LogP contribution in [0.1, 0.15) is 25.8 Å². The Balaban J connectivity index is 2.82. The van der Waals surface area contributed by atoms with E-state index in [-0.39, 0.29) is 18.6 Å². The van der Waals surface area contributed by atoms with Crippen LogP contribution < -0.4 is 10.5 Å². The molecule has 0 aromatic heterocycles. The molecule has 0 bridgehead atoms. The van der Waals surface area contributed by atoms with Crippen LogP contribution in [0.25, 0.3) is 0 Å². The standard InChI is InChI=1S/C15H23NO4/c1-3-13(15(18)19-4-2)20-14-8-6-5-7-11(14)9-12(16)10-17/h5-8,12-13,17H,3-4,9-10,16H2,1-2H3. The summed E-state index contributed by atoms with van der Waals surface area (Å²) in [5.74, 6) is 0.243. The number of para-hydroxylation sites is 1. The van der Waals surface area contributed by atoms with Gasteiger partial charge in [0, 0.05) is 6.04 Å². The van der Waals surface area contributed by atoms with E-state index in [1.807, 2.05) is 25.1 Å². The summed E-state index contributed by atoms with van der Waals surface area (Å²) in [5, 5.41) is 9.03. The maximum atomic E-state index is 11.8. The molecule has 0 aliphatic rings. The maximum Gasteiger partial charge on any atom is 0.347 e. The molecule has 2 atom stereocenters. The summed E-state index contributed by atoms with van der Waals surface area (Å²) in [7, 11) is 0. The van der Waals surface area contributed by atoms with E-state index >= 15 is 0 Å². The third-order valence-electron chi connectivity index (χ3n) is 2.88. The first-order chi connectivity index (χ1) is 9.62. The van der Waals surface area contributed by atoms with Gasteiger partial charge in [-0.1, -0.05) is 25.1 Å². The van der Waals surface area contributed by atoms with E-state index in [9.17, 15) is 4.79 Å². The third kappa shape index (κ3) is 4.83. The molecule has 5 heteroatoms. The van der Waals surface area contributed by atoms with Gasteiger partial charge in [-0.05, 0) is 31.4 Å². The molecule has 0 radical (unpaired) electrons. The largest absolute Gasteiger partial charge is 0.478 e. The van der Waals surface area contributed by atoms with Crippen molar-refractivity contribution in [2.45, 2.75) is 38.8 Å². The number of esters is 1. The van der Waals surface area contributed by atoms with E-state index < -0.39 is 6.10 Å². The van der Waals surface area contributed by atoms with Crippen molar-refractivity contribution < 1.29 is 19.4 Å². The lowest BCUT2D eigenvalue weighted by Crippen LogP contribution is -2.30. The summed E-state index contributed by atoms with van der Waals surface area (Å²) in [5.41, 5.74) is 6.62. The Labute approximate surface area is 119 Å². The Hall–Kier alpha value is -1.59. The summed E-state index contributed by atoms with van der Waals surface area (Å²) in [6, 6.07) is 7.03. The Morgan fingerprint density at radius 3 is 2.65 bits per heavy atom. The first-order valence-electron chi connectivity index (χ1n) is 6.89. The van der Waals surface area contributed by atoms with Crippen LogP contribution in [0, 0.1) is 0 Å². The van der Waals surface area contributed by atoms with Crippen molar-refractivity contribution in [3.63, 3.8) is 0 Å². The molecule has 1 aromatic rings. The summed E-state index contributed by atoms with van der Waals surface area (Å²) in [6.07, 6.45) is 0.395. The molecule has 0 spiro atoms. The SMILES string of the molecule is CCOC(=O)C(CC)Oc1ccccc1CC(N)CO. The van der Waals surface area contributed by atoms with Gasteiger partial charge in [-0.25, -0.2) is 4.79 Å². The molecule has 1 rings (SSSR count). The Morgan fingerprint density at radius 2 is 2.05 bits per heavy atom. The van der Waals surface area contributed by atoms with Gasteiger partial charge in [-0.15, -0.1) is 0 Å². The van der Waals surface area contributed by atoms with Gasteiger partial charge in [0.2, 0.25) is 0 Å². The molecule has 5 nitrogen and oxygen atoms in total. The molecular weight excluding hydrogens is 258 g/mol. The van der Waals surface area contributed by atoms with E-state index in [0.717, 1.165) is 5.56 Å². The van der Waals surface area contributed by atoms with Crippen molar-refractivity contribution in [3.05, 3.63) is 29.8 Å². The van der Waals surface area contributed by atoms with Gasteiger partial charge in [-0.3, -0.25) is 0 Å². The van der Waals surface area contributed by atoms with Crippen LogP contribution in [0.3, 0.4) is 0 Å². The minimum Gasteiger partial charge on any atom is -0.478 e. The molecule has 0 saturated heterocycles. The lowest BCUT2D eigenvalue weighted by atomic mass is 10.1. The maximum absolute atomic E-state index is 11.8. The average molecular weight is 281 g/mol. The van der Waals surface area contributed by atoms with E-state index in [1.54, 1.807) is 13.0 Å². The number of rotatable bonds is 8. The summed E-state index contributed by atoms with van der Waals surface area (Å²) in [4.78, 5) is 11.8. The molecule has 0 amide bonds. The predicted molar refractivity (Wildman–Crippen MR) is 76.5 cm³/mol. The van der Waals surface area contributed by atoms with Crippen LogP contribution in [0.2, 0.25) is 0 Å². The topological polar surface area (TPSA) is 81.8 Å². The molecule has 112 valence electrons. The fraction of sp³-hybridized carbons (Fsp3) is 0.533. The first kappa shape index (κ1) is 16.5. The number of ether oxygens (including phenoxy) is 2. The van der Waals surface area contributed by atoms with Crippen LogP contribution in [0.4, 0.5) is 0 Å². The molecular formula is C15H23NO4. The van der Waals surface area contributed by atoms with E-state index in [4.69, 9.17) is 20.3 Å². The van der Waals surface area contributed by atoms with Crippen LogP contribution >= 0.6 is 0 Å². The molecule has 20 heavy (non-hydrogen) atoms. The number of aliphatic hydroxyl groups excluding tert-OH is 1. The monoisotopic (exact) mass is 281 g/mol. The van der Waals surface area contributed by atoms with Gasteiger partial charge in [0.1, 0.15) is 5.75 Å². The minimum absolute atomic E-state index is 0.0938. The molecule has 0 heterocycles. The molecule has 0 fully saturated rings. The van der Waals surface area contributed by atoms with Crippen LogP contribution in [-0.4, -0.2) is 36.4 Å². The Kier molecular flexibility index (Phi) is 7.04. The zero-order valence-corrected chi connectivity index (χ0v) is 12.0. The number of carbonyl (C=O) groups excluding carboxylic acids is 1. The Morgan fingerprint density at radius 1 is 1.35 bits per heavy atom. The average Bonchev–Trinajstić information content (AvgIpc) is 2.46. The van der Waals surface area contributed by atoms with Gasteiger partial charge in [-0.2, -0.15) is 0 Å². The van der Waals surface area contributed by atoms with Crippen molar-refractivity contribution in [2.75, 3.05) is 13.2 Å². The van der Waals surface area contributed by atoms with E-state index in [0.29, 0.717) is 25.2 Å². The van der Waals surface area contributed by atoms with Crippen molar-refractivity contribution in [2.24, 2.45) is 5.73 Å². The van der Waals surface area contributed by atoms with Crippen LogP contribution in [0.5, 0.6) is 5.75 Å². The van der Waals surface area contributed by atoms with Crippen LogP contribution in [0.15, 0.2) is 24.3 Å².